The second kappa shape index (κ2) is 3.12. The van der Waals surface area contributed by atoms with Crippen molar-refractivity contribution in [1.82, 2.24) is 9.97 Å². The maximum atomic E-state index is 11.1. The number of rotatable bonds is 2. The summed E-state index contributed by atoms with van der Waals surface area (Å²) in [6, 6.07) is 1.85. The van der Waals surface area contributed by atoms with Crippen LogP contribution in [0.5, 0.6) is 0 Å². The first kappa shape index (κ1) is 8.16. The first-order chi connectivity index (χ1) is 6.31. The van der Waals surface area contributed by atoms with E-state index >= 15 is 0 Å². The van der Waals surface area contributed by atoms with E-state index in [2.05, 4.69) is 14.7 Å². The lowest BCUT2D eigenvalue weighted by molar-refractivity contribution is 0.0586. The number of carbonyl (C=O) groups is 1. The Hall–Kier alpha value is -1.45. The van der Waals surface area contributed by atoms with Crippen molar-refractivity contribution in [3.8, 4) is 0 Å². The zero-order chi connectivity index (χ0) is 9.26. The van der Waals surface area contributed by atoms with Crippen molar-refractivity contribution < 1.29 is 9.53 Å². The van der Waals surface area contributed by atoms with Gasteiger partial charge in [-0.1, -0.05) is 0 Å². The average Bonchev–Trinajstić information content (AvgIpc) is 3.00. The van der Waals surface area contributed by atoms with E-state index in [1.807, 2.05) is 6.07 Å². The monoisotopic (exact) mass is 178 g/mol. The van der Waals surface area contributed by atoms with Gasteiger partial charge in [0.15, 0.2) is 0 Å². The summed E-state index contributed by atoms with van der Waals surface area (Å²) >= 11 is 0. The maximum absolute atomic E-state index is 11.1. The SMILES string of the molecule is COC(=O)c1nccc(C2CC2)n1. The summed E-state index contributed by atoms with van der Waals surface area (Å²) in [6.07, 6.45) is 3.93. The molecule has 13 heavy (non-hydrogen) atoms. The molecule has 1 aliphatic rings. The lowest BCUT2D eigenvalue weighted by Gasteiger charge is -1.99. The zero-order valence-corrected chi connectivity index (χ0v) is 7.36. The van der Waals surface area contributed by atoms with E-state index in [0.29, 0.717) is 5.92 Å². The van der Waals surface area contributed by atoms with Gasteiger partial charge in [-0.2, -0.15) is 0 Å². The van der Waals surface area contributed by atoms with Gasteiger partial charge in [0.2, 0.25) is 5.82 Å². The van der Waals surface area contributed by atoms with Crippen molar-refractivity contribution in [1.29, 1.82) is 0 Å². The molecule has 0 bridgehead atoms. The predicted molar refractivity (Wildman–Crippen MR) is 45.3 cm³/mol. The van der Waals surface area contributed by atoms with Gasteiger partial charge in [-0.05, 0) is 18.9 Å². The highest BCUT2D eigenvalue weighted by Crippen LogP contribution is 2.38. The van der Waals surface area contributed by atoms with Crippen LogP contribution in [-0.2, 0) is 4.74 Å². The number of ether oxygens (including phenoxy) is 1. The molecule has 1 fully saturated rings. The van der Waals surface area contributed by atoms with Crippen LogP contribution >= 0.6 is 0 Å². The van der Waals surface area contributed by atoms with Crippen LogP contribution in [0.3, 0.4) is 0 Å². The molecule has 1 aromatic rings. The van der Waals surface area contributed by atoms with Crippen molar-refractivity contribution in [2.45, 2.75) is 18.8 Å². The zero-order valence-electron chi connectivity index (χ0n) is 7.36. The Morgan fingerprint density at radius 3 is 3.00 bits per heavy atom. The molecule has 0 saturated heterocycles. The van der Waals surface area contributed by atoms with Gasteiger partial charge in [0, 0.05) is 17.8 Å². The molecule has 68 valence electrons. The molecule has 1 heterocycles. The number of hydrogen-bond donors (Lipinski definition) is 0. The Morgan fingerprint density at radius 1 is 1.62 bits per heavy atom. The van der Waals surface area contributed by atoms with Crippen LogP contribution in [0.1, 0.15) is 35.1 Å². The second-order valence-electron chi connectivity index (χ2n) is 3.07. The van der Waals surface area contributed by atoms with E-state index in [-0.39, 0.29) is 5.82 Å². The van der Waals surface area contributed by atoms with Gasteiger partial charge in [0.25, 0.3) is 0 Å². The molecule has 1 aliphatic carbocycles. The quantitative estimate of drug-likeness (QED) is 0.637. The molecule has 0 aliphatic heterocycles. The lowest BCUT2D eigenvalue weighted by Crippen LogP contribution is -2.08. The number of esters is 1. The van der Waals surface area contributed by atoms with Crippen molar-refractivity contribution in [3.63, 3.8) is 0 Å². The molecular weight excluding hydrogens is 168 g/mol. The fraction of sp³-hybridized carbons (Fsp3) is 0.444. The summed E-state index contributed by atoms with van der Waals surface area (Å²) in [5, 5.41) is 0. The molecule has 0 radical (unpaired) electrons. The van der Waals surface area contributed by atoms with E-state index in [9.17, 15) is 4.79 Å². The number of carbonyl (C=O) groups excluding carboxylic acids is 1. The van der Waals surface area contributed by atoms with Crippen molar-refractivity contribution in [2.24, 2.45) is 0 Å². The highest BCUT2D eigenvalue weighted by atomic mass is 16.5. The highest BCUT2D eigenvalue weighted by molar-refractivity contribution is 5.84. The highest BCUT2D eigenvalue weighted by Gasteiger charge is 2.25. The summed E-state index contributed by atoms with van der Waals surface area (Å²) < 4.78 is 4.53. The van der Waals surface area contributed by atoms with Crippen LogP contribution in [-0.4, -0.2) is 23.0 Å². The summed E-state index contributed by atoms with van der Waals surface area (Å²) in [6.45, 7) is 0. The van der Waals surface area contributed by atoms with Crippen LogP contribution in [0.4, 0.5) is 0 Å². The third kappa shape index (κ3) is 1.66. The molecule has 0 N–H and O–H groups in total. The standard InChI is InChI=1S/C9H10N2O2/c1-13-9(12)8-10-5-4-7(11-8)6-2-3-6/h4-6H,2-3H2,1H3. The van der Waals surface area contributed by atoms with Gasteiger partial charge in [0.05, 0.1) is 7.11 Å². The second-order valence-corrected chi connectivity index (χ2v) is 3.07. The predicted octanol–water partition coefficient (Wildman–Crippen LogP) is 1.14. The minimum Gasteiger partial charge on any atom is -0.463 e. The molecule has 4 nitrogen and oxygen atoms in total. The van der Waals surface area contributed by atoms with Crippen LogP contribution in [0, 0.1) is 0 Å². The third-order valence-electron chi connectivity index (χ3n) is 2.04. The molecule has 1 saturated carbocycles. The Bertz CT molecular complexity index is 334. The fourth-order valence-corrected chi connectivity index (χ4v) is 1.17. The van der Waals surface area contributed by atoms with Crippen LogP contribution < -0.4 is 0 Å². The molecule has 0 aromatic carbocycles. The fourth-order valence-electron chi connectivity index (χ4n) is 1.17. The van der Waals surface area contributed by atoms with Gasteiger partial charge >= 0.3 is 5.97 Å². The van der Waals surface area contributed by atoms with E-state index in [1.165, 1.54) is 7.11 Å². The first-order valence-electron chi connectivity index (χ1n) is 4.22. The Labute approximate surface area is 76.0 Å². The average molecular weight is 178 g/mol. The van der Waals surface area contributed by atoms with Gasteiger partial charge in [-0.3, -0.25) is 0 Å². The summed E-state index contributed by atoms with van der Waals surface area (Å²) in [5.41, 5.74) is 0.954. The van der Waals surface area contributed by atoms with Crippen LogP contribution in [0.25, 0.3) is 0 Å². The Morgan fingerprint density at radius 2 is 2.38 bits per heavy atom. The van der Waals surface area contributed by atoms with E-state index in [1.54, 1.807) is 6.20 Å². The molecule has 0 spiro atoms. The lowest BCUT2D eigenvalue weighted by atomic mass is 10.3. The third-order valence-corrected chi connectivity index (χ3v) is 2.04. The summed E-state index contributed by atoms with van der Waals surface area (Å²) in [7, 11) is 1.33. The van der Waals surface area contributed by atoms with Gasteiger partial charge in [0.1, 0.15) is 0 Å². The smallest absolute Gasteiger partial charge is 0.376 e. The van der Waals surface area contributed by atoms with Crippen molar-refractivity contribution in [3.05, 3.63) is 23.8 Å². The normalized spacial score (nSPS) is 15.5. The van der Waals surface area contributed by atoms with E-state index in [0.717, 1.165) is 18.5 Å². The van der Waals surface area contributed by atoms with E-state index < -0.39 is 5.97 Å². The first-order valence-corrected chi connectivity index (χ1v) is 4.22. The number of hydrogen-bond acceptors (Lipinski definition) is 4. The molecular formula is C9H10N2O2. The Balaban J connectivity index is 2.26. The molecule has 0 amide bonds. The van der Waals surface area contributed by atoms with Crippen LogP contribution in [0.15, 0.2) is 12.3 Å². The summed E-state index contributed by atoms with van der Waals surface area (Å²) in [4.78, 5) is 19.0. The summed E-state index contributed by atoms with van der Waals surface area (Å²) in [5.74, 6) is 0.223. The van der Waals surface area contributed by atoms with Crippen molar-refractivity contribution in [2.75, 3.05) is 7.11 Å². The van der Waals surface area contributed by atoms with E-state index in [4.69, 9.17) is 0 Å². The number of nitrogens with zero attached hydrogens (tertiary/aromatic N) is 2. The van der Waals surface area contributed by atoms with Gasteiger partial charge in [-0.25, -0.2) is 14.8 Å². The number of aromatic nitrogens is 2. The molecule has 2 rings (SSSR count). The molecule has 1 aromatic heterocycles. The maximum Gasteiger partial charge on any atom is 0.376 e. The molecule has 4 heteroatoms. The van der Waals surface area contributed by atoms with Gasteiger partial charge in [-0.15, -0.1) is 0 Å². The minimum absolute atomic E-state index is 0.159. The molecule has 0 atom stereocenters. The number of methoxy groups -OCH3 is 1. The van der Waals surface area contributed by atoms with Crippen molar-refractivity contribution >= 4 is 5.97 Å². The largest absolute Gasteiger partial charge is 0.463 e. The Kier molecular flexibility index (Phi) is 1.96. The minimum atomic E-state index is -0.470. The molecule has 0 unspecified atom stereocenters. The topological polar surface area (TPSA) is 52.1 Å². The van der Waals surface area contributed by atoms with Crippen LogP contribution in [0.2, 0.25) is 0 Å². The van der Waals surface area contributed by atoms with Gasteiger partial charge < -0.3 is 4.74 Å².